The van der Waals surface area contributed by atoms with Gasteiger partial charge < -0.3 is 9.13 Å². The van der Waals surface area contributed by atoms with Crippen LogP contribution in [0, 0.1) is 52.9 Å². The van der Waals surface area contributed by atoms with Gasteiger partial charge >= 0.3 is 0 Å². The summed E-state index contributed by atoms with van der Waals surface area (Å²) < 4.78 is 4.75. The predicted octanol–water partition coefficient (Wildman–Crippen LogP) is 16.7. The normalized spacial score (nSPS) is 11.6. The maximum atomic E-state index is 11.3. The number of hydrogen-bond acceptors (Lipinski definition) is 3. The van der Waals surface area contributed by atoms with E-state index in [9.17, 15) is 5.26 Å². The number of fused-ring (bicyclic) bond motifs is 6. The molecule has 0 radical (unpaired) electrons. The molecular weight excluding hydrogens is 851 g/mol. The van der Waals surface area contributed by atoms with Crippen LogP contribution in [0.3, 0.4) is 0 Å². The average Bonchev–Trinajstić information content (AvgIpc) is 3.87. The second kappa shape index (κ2) is 16.7. The molecule has 0 atom stereocenters. The summed E-state index contributed by atoms with van der Waals surface area (Å²) in [7, 11) is 0. The van der Waals surface area contributed by atoms with E-state index in [1.54, 1.807) is 0 Å². The monoisotopic (exact) mass is 899 g/mol. The maximum Gasteiger partial charge on any atom is 0.163 e. The molecule has 70 heavy (non-hydrogen) atoms. The summed E-state index contributed by atoms with van der Waals surface area (Å²) in [6.07, 6.45) is 0. The van der Waals surface area contributed by atoms with Gasteiger partial charge in [0.25, 0.3) is 0 Å². The Hall–Kier alpha value is -8.85. The minimum atomic E-state index is 0.526. The highest BCUT2D eigenvalue weighted by Gasteiger charge is 2.26. The van der Waals surface area contributed by atoms with Crippen molar-refractivity contribution in [3.05, 3.63) is 227 Å². The summed E-state index contributed by atoms with van der Waals surface area (Å²) in [5, 5.41) is 15.7. The van der Waals surface area contributed by atoms with Crippen LogP contribution in [-0.4, -0.2) is 19.1 Å². The molecule has 0 saturated carbocycles. The van der Waals surface area contributed by atoms with E-state index in [0.29, 0.717) is 11.4 Å². The van der Waals surface area contributed by atoms with Crippen molar-refractivity contribution in [2.45, 2.75) is 41.5 Å². The first kappa shape index (κ1) is 42.5. The van der Waals surface area contributed by atoms with E-state index >= 15 is 0 Å². The highest BCUT2D eigenvalue weighted by molar-refractivity contribution is 6.14. The lowest BCUT2D eigenvalue weighted by Gasteiger charge is -2.21. The van der Waals surface area contributed by atoms with Crippen LogP contribution < -0.4 is 0 Å². The van der Waals surface area contributed by atoms with Crippen LogP contribution in [0.4, 0.5) is 0 Å². The maximum absolute atomic E-state index is 11.3. The predicted molar refractivity (Wildman–Crippen MR) is 291 cm³/mol. The molecule has 5 nitrogen and oxygen atoms in total. The molecule has 0 N–H and O–H groups in total. The zero-order valence-corrected chi connectivity index (χ0v) is 40.1. The second-order valence-corrected chi connectivity index (χ2v) is 18.8. The summed E-state index contributed by atoms with van der Waals surface area (Å²) in [5.41, 5.74) is 22.8. The summed E-state index contributed by atoms with van der Waals surface area (Å²) in [4.78, 5) is 10.6. The Morgan fingerprint density at radius 1 is 0.357 bits per heavy atom. The van der Waals surface area contributed by atoms with E-state index < -0.39 is 0 Å². The fraction of sp³-hybridized carbons (Fsp3) is 0.0923. The summed E-state index contributed by atoms with van der Waals surface area (Å²) in [5.74, 6) is 0.590. The highest BCUT2D eigenvalue weighted by Crippen LogP contribution is 2.45. The molecule has 9 aromatic carbocycles. The van der Waals surface area contributed by atoms with E-state index in [1.807, 2.05) is 32.0 Å². The van der Waals surface area contributed by atoms with Gasteiger partial charge in [-0.1, -0.05) is 146 Å². The summed E-state index contributed by atoms with van der Waals surface area (Å²) in [6, 6.07) is 70.3. The van der Waals surface area contributed by atoms with Crippen LogP contribution in [-0.2, 0) is 0 Å². The second-order valence-electron chi connectivity index (χ2n) is 18.8. The Labute approximate surface area is 408 Å². The smallest absolute Gasteiger partial charge is 0.163 e. The van der Waals surface area contributed by atoms with Gasteiger partial charge in [0.15, 0.2) is 5.82 Å². The number of aromatic nitrogens is 4. The Balaban J connectivity index is 1.27. The van der Waals surface area contributed by atoms with Gasteiger partial charge in [0.1, 0.15) is 0 Å². The number of rotatable bonds is 7. The topological polar surface area (TPSA) is 59.4 Å². The molecule has 12 rings (SSSR count). The molecule has 3 aromatic heterocycles. The van der Waals surface area contributed by atoms with Crippen molar-refractivity contribution in [1.29, 1.82) is 5.26 Å². The van der Waals surface area contributed by atoms with E-state index in [2.05, 4.69) is 213 Å². The minimum absolute atomic E-state index is 0.526. The van der Waals surface area contributed by atoms with Crippen molar-refractivity contribution < 1.29 is 0 Å². The Morgan fingerprint density at radius 2 is 0.657 bits per heavy atom. The molecule has 3 heterocycles. The summed E-state index contributed by atoms with van der Waals surface area (Å²) >= 11 is 0. The van der Waals surface area contributed by atoms with Crippen molar-refractivity contribution >= 4 is 43.6 Å². The third-order valence-corrected chi connectivity index (χ3v) is 14.3. The van der Waals surface area contributed by atoms with Gasteiger partial charge in [-0.2, -0.15) is 5.26 Å². The minimum Gasteiger partial charge on any atom is -0.308 e. The van der Waals surface area contributed by atoms with Gasteiger partial charge in [0, 0.05) is 32.9 Å². The molecule has 12 aromatic rings. The number of nitriles is 1. The molecule has 334 valence electrons. The van der Waals surface area contributed by atoms with Crippen molar-refractivity contribution in [1.82, 2.24) is 19.1 Å². The van der Waals surface area contributed by atoms with Crippen LogP contribution in [0.2, 0.25) is 0 Å². The van der Waals surface area contributed by atoms with E-state index in [0.717, 1.165) is 94.2 Å². The Kier molecular flexibility index (Phi) is 10.2. The third-order valence-electron chi connectivity index (χ3n) is 14.3. The fourth-order valence-corrected chi connectivity index (χ4v) is 10.9. The number of aryl methyl sites for hydroxylation is 6. The number of nitrogens with zero attached hydrogens (tertiary/aromatic N) is 5. The summed E-state index contributed by atoms with van der Waals surface area (Å²) in [6.45, 7) is 12.7. The van der Waals surface area contributed by atoms with Crippen molar-refractivity contribution in [2.75, 3.05) is 0 Å². The molecule has 0 saturated heterocycles. The fourth-order valence-electron chi connectivity index (χ4n) is 10.9. The van der Waals surface area contributed by atoms with Gasteiger partial charge in [0.2, 0.25) is 0 Å². The average molecular weight is 900 g/mol. The van der Waals surface area contributed by atoms with Crippen LogP contribution in [0.5, 0.6) is 0 Å². The van der Waals surface area contributed by atoms with Crippen molar-refractivity contribution in [2.24, 2.45) is 0 Å². The zero-order valence-electron chi connectivity index (χ0n) is 40.1. The van der Waals surface area contributed by atoms with Crippen LogP contribution in [0.15, 0.2) is 188 Å². The molecule has 0 bridgehead atoms. The van der Waals surface area contributed by atoms with Gasteiger partial charge in [-0.05, 0) is 151 Å². The van der Waals surface area contributed by atoms with Crippen LogP contribution in [0.1, 0.15) is 39.2 Å². The van der Waals surface area contributed by atoms with Gasteiger partial charge in [0.05, 0.1) is 50.6 Å². The Morgan fingerprint density at radius 3 is 0.943 bits per heavy atom. The Bertz CT molecular complexity index is 3700. The molecule has 0 fully saturated rings. The SMILES string of the molecule is Cc1cc(C)nc(-c2c(-n3c4cc(-c5ccccc5C)ccc4c4ccc(-c5ccccc5C)cc43)cc(C#N)cc2-n2c3cc(-c4ccccc4C)ccc3c3ccc(-c4ccccc4C)cc32)n1. The van der Waals surface area contributed by atoms with Crippen molar-refractivity contribution in [3.63, 3.8) is 0 Å². The molecule has 0 aliphatic rings. The number of benzene rings is 9. The first-order chi connectivity index (χ1) is 34.1. The molecule has 0 unspecified atom stereocenters. The van der Waals surface area contributed by atoms with Crippen LogP contribution >= 0.6 is 0 Å². The third kappa shape index (κ3) is 6.99. The standard InChI is InChI=1S/C65H49N5/c1-39-15-7-11-19-50(39)46-23-27-54-55-28-24-47(51-20-12-8-16-40(51)2)35-59(55)69(58(54)34-46)62-32-45(38-66)33-63(64(62)65-67-43(5)31-44(6)68-65)70-60-36-48(52-21-13-9-17-41(52)3)25-29-56(60)57-30-26-49(37-61(57)70)53-22-14-10-18-42(53)4/h7-37H,1-6H3. The van der Waals surface area contributed by atoms with Crippen LogP contribution in [0.25, 0.3) is 111 Å². The van der Waals surface area contributed by atoms with Gasteiger partial charge in [-0.15, -0.1) is 0 Å². The number of hydrogen-bond donors (Lipinski definition) is 0. The molecule has 0 amide bonds. The zero-order chi connectivity index (χ0) is 47.8. The largest absolute Gasteiger partial charge is 0.308 e. The first-order valence-corrected chi connectivity index (χ1v) is 24.0. The highest BCUT2D eigenvalue weighted by atomic mass is 15.0. The van der Waals surface area contributed by atoms with E-state index in [4.69, 9.17) is 9.97 Å². The van der Waals surface area contributed by atoms with Crippen molar-refractivity contribution in [3.8, 4) is 73.3 Å². The van der Waals surface area contributed by atoms with E-state index in [-0.39, 0.29) is 0 Å². The molecule has 5 heteroatoms. The molecule has 0 aliphatic carbocycles. The lowest BCUT2D eigenvalue weighted by atomic mass is 9.98. The molecular formula is C65H49N5. The molecule has 0 spiro atoms. The van der Waals surface area contributed by atoms with E-state index in [1.165, 1.54) is 44.5 Å². The molecule has 0 aliphatic heterocycles. The lowest BCUT2D eigenvalue weighted by molar-refractivity contribution is 1.04. The van der Waals surface area contributed by atoms with Gasteiger partial charge in [-0.3, -0.25) is 0 Å². The first-order valence-electron chi connectivity index (χ1n) is 24.0. The lowest BCUT2D eigenvalue weighted by Crippen LogP contribution is -2.08. The van der Waals surface area contributed by atoms with Gasteiger partial charge in [-0.25, -0.2) is 9.97 Å². The quantitative estimate of drug-likeness (QED) is 0.160.